The Morgan fingerprint density at radius 3 is 3.12 bits per heavy atom. The summed E-state index contributed by atoms with van der Waals surface area (Å²) in [5.74, 6) is 0.743. The van der Waals surface area contributed by atoms with Gasteiger partial charge in [-0.2, -0.15) is 0 Å². The average molecular weight is 239 g/mol. The highest BCUT2D eigenvalue weighted by Crippen LogP contribution is 2.18. The van der Waals surface area contributed by atoms with Crippen LogP contribution < -0.4 is 5.32 Å². The average Bonchev–Trinajstić information content (AvgIpc) is 2.75. The Hall–Kier alpha value is -0.450. The van der Waals surface area contributed by atoms with Crippen molar-refractivity contribution < 1.29 is 0 Å². The van der Waals surface area contributed by atoms with Crippen LogP contribution >= 0.6 is 11.3 Å². The van der Waals surface area contributed by atoms with E-state index in [9.17, 15) is 0 Å². The Balaban J connectivity index is 1.82. The van der Waals surface area contributed by atoms with Crippen molar-refractivity contribution in [3.8, 4) is 0 Å². The third kappa shape index (κ3) is 3.03. The number of hydrogen-bond donors (Lipinski definition) is 1. The molecule has 1 N–H and O–H groups in total. The molecule has 1 aliphatic rings. The summed E-state index contributed by atoms with van der Waals surface area (Å²) in [6.07, 6.45) is 1.26. The Morgan fingerprint density at radius 1 is 1.62 bits per heavy atom. The Labute approximate surface area is 102 Å². The fraction of sp³-hybridized carbons (Fsp3) is 0.750. The van der Waals surface area contributed by atoms with Crippen LogP contribution in [-0.4, -0.2) is 35.6 Å². The minimum absolute atomic E-state index is 0.705. The van der Waals surface area contributed by atoms with Crippen LogP contribution in [0.4, 0.5) is 0 Å². The lowest BCUT2D eigenvalue weighted by atomic mass is 9.94. The van der Waals surface area contributed by atoms with Crippen LogP contribution in [0.1, 0.15) is 26.0 Å². The van der Waals surface area contributed by atoms with Gasteiger partial charge in [-0.1, -0.05) is 13.8 Å². The van der Waals surface area contributed by atoms with E-state index in [1.807, 2.05) is 5.51 Å². The van der Waals surface area contributed by atoms with Crippen molar-refractivity contribution >= 4 is 11.3 Å². The summed E-state index contributed by atoms with van der Waals surface area (Å²) in [4.78, 5) is 6.87. The molecular formula is C12H21N3S. The van der Waals surface area contributed by atoms with Gasteiger partial charge in [-0.15, -0.1) is 11.3 Å². The predicted molar refractivity (Wildman–Crippen MR) is 68.6 cm³/mol. The molecule has 0 aliphatic carbocycles. The smallest absolute Gasteiger partial charge is 0.0795 e. The minimum Gasteiger partial charge on any atom is -0.314 e. The number of likely N-dealkylation sites (tertiary alicyclic amines) is 1. The highest BCUT2D eigenvalue weighted by Gasteiger charge is 2.25. The van der Waals surface area contributed by atoms with Crippen molar-refractivity contribution in [3.05, 3.63) is 16.6 Å². The van der Waals surface area contributed by atoms with E-state index in [1.54, 1.807) is 11.3 Å². The number of aromatic nitrogens is 1. The summed E-state index contributed by atoms with van der Waals surface area (Å²) in [5, 5.41) is 5.73. The molecule has 0 saturated carbocycles. The van der Waals surface area contributed by atoms with Crippen molar-refractivity contribution in [2.45, 2.75) is 32.9 Å². The van der Waals surface area contributed by atoms with Gasteiger partial charge in [0.05, 0.1) is 11.2 Å². The van der Waals surface area contributed by atoms with Crippen molar-refractivity contribution in [1.82, 2.24) is 15.2 Å². The van der Waals surface area contributed by atoms with Crippen molar-refractivity contribution in [2.75, 3.05) is 19.6 Å². The van der Waals surface area contributed by atoms with E-state index in [0.717, 1.165) is 19.0 Å². The molecule has 4 heteroatoms. The summed E-state index contributed by atoms with van der Waals surface area (Å²) in [6.45, 7) is 9.03. The third-order valence-electron chi connectivity index (χ3n) is 3.32. The normalized spacial score (nSPS) is 27.1. The zero-order valence-corrected chi connectivity index (χ0v) is 11.0. The van der Waals surface area contributed by atoms with Crippen LogP contribution in [0.3, 0.4) is 0 Å². The van der Waals surface area contributed by atoms with Crippen molar-refractivity contribution in [2.24, 2.45) is 5.92 Å². The van der Waals surface area contributed by atoms with Gasteiger partial charge >= 0.3 is 0 Å². The van der Waals surface area contributed by atoms with Crippen molar-refractivity contribution in [1.29, 1.82) is 0 Å². The van der Waals surface area contributed by atoms with Gasteiger partial charge in [0, 0.05) is 31.1 Å². The molecule has 0 amide bonds. The van der Waals surface area contributed by atoms with Gasteiger partial charge in [0.2, 0.25) is 0 Å². The lowest BCUT2D eigenvalue weighted by Gasteiger charge is -2.37. The number of nitrogens with zero attached hydrogens (tertiary/aromatic N) is 2. The monoisotopic (exact) mass is 239 g/mol. The molecule has 1 fully saturated rings. The highest BCUT2D eigenvalue weighted by atomic mass is 32.1. The molecular weight excluding hydrogens is 218 g/mol. The molecule has 1 aliphatic heterocycles. The Bertz CT molecular complexity index is 299. The molecule has 16 heavy (non-hydrogen) atoms. The van der Waals surface area contributed by atoms with Gasteiger partial charge in [-0.3, -0.25) is 4.90 Å². The topological polar surface area (TPSA) is 28.2 Å². The maximum Gasteiger partial charge on any atom is 0.0795 e. The molecule has 0 radical (unpaired) electrons. The van der Waals surface area contributed by atoms with E-state index >= 15 is 0 Å². The standard InChI is InChI=1S/C12H21N3S/c1-3-13-12-4-5-15(6-10(12)2)7-11-8-16-9-14-11/h8-10,12-13H,3-7H2,1-2H3. The zero-order chi connectivity index (χ0) is 11.4. The molecule has 0 bridgehead atoms. The van der Waals surface area contributed by atoms with Gasteiger partial charge in [0.1, 0.15) is 0 Å². The molecule has 0 spiro atoms. The van der Waals surface area contributed by atoms with E-state index in [2.05, 4.69) is 34.4 Å². The summed E-state index contributed by atoms with van der Waals surface area (Å²) >= 11 is 1.69. The van der Waals surface area contributed by atoms with Crippen LogP contribution in [-0.2, 0) is 6.54 Å². The second kappa shape index (κ2) is 5.75. The predicted octanol–water partition coefficient (Wildman–Crippen LogP) is 1.96. The number of rotatable bonds is 4. The number of nitrogens with one attached hydrogen (secondary N) is 1. The number of hydrogen-bond acceptors (Lipinski definition) is 4. The summed E-state index contributed by atoms with van der Waals surface area (Å²) in [6, 6.07) is 0.705. The van der Waals surface area contributed by atoms with Gasteiger partial charge < -0.3 is 5.32 Å². The van der Waals surface area contributed by atoms with Gasteiger partial charge in [0.15, 0.2) is 0 Å². The van der Waals surface area contributed by atoms with Gasteiger partial charge in [-0.25, -0.2) is 4.98 Å². The van der Waals surface area contributed by atoms with E-state index in [0.29, 0.717) is 6.04 Å². The largest absolute Gasteiger partial charge is 0.314 e. The zero-order valence-electron chi connectivity index (χ0n) is 10.1. The number of thiazole rings is 1. The van der Waals surface area contributed by atoms with Crippen LogP contribution in [0, 0.1) is 5.92 Å². The van der Waals surface area contributed by atoms with Crippen LogP contribution in [0.5, 0.6) is 0 Å². The summed E-state index contributed by atoms with van der Waals surface area (Å²) < 4.78 is 0. The quantitative estimate of drug-likeness (QED) is 0.870. The molecule has 3 nitrogen and oxygen atoms in total. The first-order valence-electron chi connectivity index (χ1n) is 6.12. The lowest BCUT2D eigenvalue weighted by molar-refractivity contribution is 0.141. The minimum atomic E-state index is 0.705. The maximum atomic E-state index is 4.35. The maximum absolute atomic E-state index is 4.35. The van der Waals surface area contributed by atoms with E-state index in [1.165, 1.54) is 25.2 Å². The van der Waals surface area contributed by atoms with Crippen LogP contribution in [0.15, 0.2) is 10.9 Å². The molecule has 1 aromatic heterocycles. The number of piperidine rings is 1. The first-order chi connectivity index (χ1) is 7.79. The van der Waals surface area contributed by atoms with Crippen LogP contribution in [0.2, 0.25) is 0 Å². The fourth-order valence-corrected chi connectivity index (χ4v) is 3.04. The fourth-order valence-electron chi connectivity index (χ4n) is 2.49. The lowest BCUT2D eigenvalue weighted by Crippen LogP contribution is -2.47. The van der Waals surface area contributed by atoms with Gasteiger partial charge in [0.25, 0.3) is 0 Å². The van der Waals surface area contributed by atoms with E-state index in [4.69, 9.17) is 0 Å². The second-order valence-corrected chi connectivity index (χ2v) is 5.36. The molecule has 1 aromatic rings. The summed E-state index contributed by atoms with van der Waals surface area (Å²) in [5.41, 5.74) is 3.14. The van der Waals surface area contributed by atoms with E-state index < -0.39 is 0 Å². The molecule has 2 unspecified atom stereocenters. The highest BCUT2D eigenvalue weighted by molar-refractivity contribution is 7.07. The van der Waals surface area contributed by atoms with Crippen molar-refractivity contribution in [3.63, 3.8) is 0 Å². The SMILES string of the molecule is CCNC1CCN(Cc2cscn2)CC1C. The first-order valence-corrected chi connectivity index (χ1v) is 7.06. The molecule has 2 heterocycles. The molecule has 0 aromatic carbocycles. The molecule has 2 rings (SSSR count). The Morgan fingerprint density at radius 2 is 2.50 bits per heavy atom. The molecule has 2 atom stereocenters. The Kier molecular flexibility index (Phi) is 4.32. The molecule has 90 valence electrons. The first kappa shape index (κ1) is 12.0. The van der Waals surface area contributed by atoms with E-state index in [-0.39, 0.29) is 0 Å². The second-order valence-electron chi connectivity index (χ2n) is 4.65. The molecule has 1 saturated heterocycles. The third-order valence-corrected chi connectivity index (χ3v) is 3.96. The summed E-state index contributed by atoms with van der Waals surface area (Å²) in [7, 11) is 0. The van der Waals surface area contributed by atoms with Gasteiger partial charge in [-0.05, 0) is 18.9 Å². The van der Waals surface area contributed by atoms with Crippen LogP contribution in [0.25, 0.3) is 0 Å².